The Morgan fingerprint density at radius 1 is 0.800 bits per heavy atom. The quantitative estimate of drug-likeness (QED) is 0.0544. The van der Waals surface area contributed by atoms with Crippen LogP contribution in [0.3, 0.4) is 0 Å². The first-order chi connectivity index (χ1) is 26.8. The number of nitrogens with zero attached hydrogens (tertiary/aromatic N) is 1. The second-order valence-electron chi connectivity index (χ2n) is 12.6. The zero-order chi connectivity index (χ0) is 39.1. The standard InChI is InChI=1S/C41H53N5O9/c1-30-12-15-44-38(25-30)43-14-4-7-39(47)45-29-40(48)46-37(28-41(49)50)32-10-8-31(9-11-32)36-27-34(26-33-5-2-3-6-35(33)36)55-24-23-54-22-21-53-20-19-52-18-17-51-16-13-42/h2-3,5-6,8-12,15,25-27,37H,4,7,13-14,16-24,28-29,42H2,1H3,(H,43,44)(H,45,47)(H,46,48)(H,49,50)/t37-/m0/s1. The molecule has 14 nitrogen and oxygen atoms in total. The fraction of sp³-hybridized carbons (Fsp3) is 0.415. The van der Waals surface area contributed by atoms with Crippen LogP contribution in [0.2, 0.25) is 0 Å². The summed E-state index contributed by atoms with van der Waals surface area (Å²) in [6.07, 6.45) is 2.17. The van der Waals surface area contributed by atoms with Crippen LogP contribution in [-0.4, -0.2) is 107 Å². The van der Waals surface area contributed by atoms with Crippen LogP contribution in [0, 0.1) is 6.92 Å². The smallest absolute Gasteiger partial charge is 0.305 e. The van der Waals surface area contributed by atoms with Crippen molar-refractivity contribution in [3.8, 4) is 16.9 Å². The molecule has 1 aromatic heterocycles. The average Bonchev–Trinajstić information content (AvgIpc) is 3.18. The number of aliphatic carboxylic acids is 1. The second kappa shape index (κ2) is 24.3. The molecule has 6 N–H and O–H groups in total. The first-order valence-corrected chi connectivity index (χ1v) is 18.5. The number of rotatable bonds is 27. The third kappa shape index (κ3) is 16.0. The molecule has 0 aliphatic rings. The molecule has 0 saturated carbocycles. The van der Waals surface area contributed by atoms with Gasteiger partial charge in [0.2, 0.25) is 11.8 Å². The molecule has 0 saturated heterocycles. The van der Waals surface area contributed by atoms with Gasteiger partial charge < -0.3 is 50.5 Å². The van der Waals surface area contributed by atoms with Crippen LogP contribution in [-0.2, 0) is 33.3 Å². The van der Waals surface area contributed by atoms with Crippen molar-refractivity contribution < 1.29 is 43.2 Å². The first kappa shape index (κ1) is 42.6. The van der Waals surface area contributed by atoms with Crippen LogP contribution in [0.4, 0.5) is 5.82 Å². The molecular formula is C41H53N5O9. The van der Waals surface area contributed by atoms with Gasteiger partial charge in [0.1, 0.15) is 18.2 Å². The average molecular weight is 760 g/mol. The van der Waals surface area contributed by atoms with E-state index in [9.17, 15) is 19.5 Å². The van der Waals surface area contributed by atoms with E-state index in [1.165, 1.54) is 0 Å². The summed E-state index contributed by atoms with van der Waals surface area (Å²) in [5, 5.41) is 20.2. The highest BCUT2D eigenvalue weighted by Crippen LogP contribution is 2.34. The number of aromatic nitrogens is 1. The minimum atomic E-state index is -1.06. The fourth-order valence-electron chi connectivity index (χ4n) is 5.60. The maximum Gasteiger partial charge on any atom is 0.305 e. The lowest BCUT2D eigenvalue weighted by Crippen LogP contribution is -2.39. The Balaban J connectivity index is 1.24. The first-order valence-electron chi connectivity index (χ1n) is 18.5. The Bertz CT molecular complexity index is 1770. The van der Waals surface area contributed by atoms with Crippen molar-refractivity contribution in [1.29, 1.82) is 0 Å². The van der Waals surface area contributed by atoms with Gasteiger partial charge in [0.25, 0.3) is 0 Å². The number of benzene rings is 3. The number of aryl methyl sites for hydroxylation is 1. The molecule has 1 heterocycles. The van der Waals surface area contributed by atoms with E-state index in [2.05, 4.69) is 20.9 Å². The minimum Gasteiger partial charge on any atom is -0.491 e. The van der Waals surface area contributed by atoms with Gasteiger partial charge >= 0.3 is 5.97 Å². The van der Waals surface area contributed by atoms with Gasteiger partial charge in [-0.05, 0) is 70.6 Å². The summed E-state index contributed by atoms with van der Waals surface area (Å²) in [5.41, 5.74) is 8.91. The van der Waals surface area contributed by atoms with Crippen molar-refractivity contribution in [2.75, 3.05) is 84.4 Å². The molecule has 0 unspecified atom stereocenters. The normalized spacial score (nSPS) is 11.6. The van der Waals surface area contributed by atoms with E-state index in [-0.39, 0.29) is 25.3 Å². The van der Waals surface area contributed by atoms with Crippen LogP contribution in [0.25, 0.3) is 21.9 Å². The lowest BCUT2D eigenvalue weighted by Gasteiger charge is -2.19. The topological polar surface area (TPSA) is 193 Å². The van der Waals surface area contributed by atoms with Crippen molar-refractivity contribution in [1.82, 2.24) is 15.6 Å². The van der Waals surface area contributed by atoms with E-state index < -0.39 is 17.9 Å². The summed E-state index contributed by atoms with van der Waals surface area (Å²) >= 11 is 0. The summed E-state index contributed by atoms with van der Waals surface area (Å²) in [4.78, 5) is 41.1. The van der Waals surface area contributed by atoms with Crippen LogP contribution >= 0.6 is 0 Å². The van der Waals surface area contributed by atoms with E-state index in [1.807, 2.05) is 67.6 Å². The van der Waals surface area contributed by atoms with Gasteiger partial charge in [0.15, 0.2) is 0 Å². The third-order valence-corrected chi connectivity index (χ3v) is 8.30. The van der Waals surface area contributed by atoms with Crippen LogP contribution in [0.5, 0.6) is 5.75 Å². The second-order valence-corrected chi connectivity index (χ2v) is 12.6. The van der Waals surface area contributed by atoms with Crippen molar-refractivity contribution >= 4 is 34.4 Å². The van der Waals surface area contributed by atoms with Crippen molar-refractivity contribution in [2.45, 2.75) is 32.2 Å². The molecule has 3 aromatic carbocycles. The Kier molecular flexibility index (Phi) is 18.8. The monoisotopic (exact) mass is 759 g/mol. The molecule has 296 valence electrons. The van der Waals surface area contributed by atoms with E-state index in [0.717, 1.165) is 33.3 Å². The molecule has 55 heavy (non-hydrogen) atoms. The van der Waals surface area contributed by atoms with E-state index in [4.69, 9.17) is 29.4 Å². The molecular weight excluding hydrogens is 706 g/mol. The Morgan fingerprint density at radius 2 is 1.47 bits per heavy atom. The minimum absolute atomic E-state index is 0.223. The van der Waals surface area contributed by atoms with Crippen molar-refractivity contribution in [3.63, 3.8) is 0 Å². The van der Waals surface area contributed by atoms with E-state index >= 15 is 0 Å². The van der Waals surface area contributed by atoms with Crippen molar-refractivity contribution in [2.24, 2.45) is 5.73 Å². The number of carboxylic acid groups (broad SMARTS) is 1. The van der Waals surface area contributed by atoms with Gasteiger partial charge in [-0.3, -0.25) is 14.4 Å². The van der Waals surface area contributed by atoms with Gasteiger partial charge in [-0.2, -0.15) is 0 Å². The number of hydrogen-bond donors (Lipinski definition) is 5. The van der Waals surface area contributed by atoms with Gasteiger partial charge in [-0.1, -0.05) is 48.5 Å². The van der Waals surface area contributed by atoms with E-state index in [1.54, 1.807) is 18.3 Å². The van der Waals surface area contributed by atoms with Gasteiger partial charge in [-0.15, -0.1) is 0 Å². The number of ether oxygens (including phenoxy) is 5. The molecule has 14 heteroatoms. The Labute approximate surface area is 322 Å². The highest BCUT2D eigenvalue weighted by Gasteiger charge is 2.19. The summed E-state index contributed by atoms with van der Waals surface area (Å²) in [6, 6.07) is 22.4. The van der Waals surface area contributed by atoms with E-state index in [0.29, 0.717) is 90.3 Å². The molecule has 2 amide bonds. The summed E-state index contributed by atoms with van der Waals surface area (Å²) in [5.74, 6) is -0.397. The SMILES string of the molecule is Cc1ccnc(NCCCC(=O)NCC(=O)N[C@@H](CC(=O)O)c2ccc(-c3cc(OCCOCCOCCOCCOCCN)cc4ccccc34)cc2)c1. The highest BCUT2D eigenvalue weighted by atomic mass is 16.6. The fourth-order valence-corrected chi connectivity index (χ4v) is 5.60. The largest absolute Gasteiger partial charge is 0.491 e. The predicted octanol–water partition coefficient (Wildman–Crippen LogP) is 4.25. The van der Waals surface area contributed by atoms with Crippen LogP contribution in [0.1, 0.15) is 36.4 Å². The Hall–Kier alpha value is -5.12. The lowest BCUT2D eigenvalue weighted by molar-refractivity contribution is -0.138. The number of amides is 2. The lowest BCUT2D eigenvalue weighted by atomic mass is 9.95. The van der Waals surface area contributed by atoms with Crippen molar-refractivity contribution in [3.05, 3.63) is 90.1 Å². The summed E-state index contributed by atoms with van der Waals surface area (Å²) in [6.45, 7) is 6.88. The molecule has 1 atom stereocenters. The number of nitrogens with one attached hydrogen (secondary N) is 3. The number of anilines is 1. The molecule has 0 radical (unpaired) electrons. The third-order valence-electron chi connectivity index (χ3n) is 8.30. The molecule has 4 aromatic rings. The number of nitrogens with two attached hydrogens (primary N) is 1. The number of carbonyl (C=O) groups excluding carboxylic acids is 2. The summed E-state index contributed by atoms with van der Waals surface area (Å²) in [7, 11) is 0. The zero-order valence-electron chi connectivity index (χ0n) is 31.4. The number of hydrogen-bond acceptors (Lipinski definition) is 11. The molecule has 0 aliphatic carbocycles. The maximum atomic E-state index is 12.8. The highest BCUT2D eigenvalue weighted by molar-refractivity contribution is 5.98. The molecule has 4 rings (SSSR count). The molecule has 0 spiro atoms. The number of fused-ring (bicyclic) bond motifs is 1. The predicted molar refractivity (Wildman–Crippen MR) is 210 cm³/mol. The van der Waals surface area contributed by atoms with Gasteiger partial charge in [-0.25, -0.2) is 4.98 Å². The van der Waals surface area contributed by atoms with Crippen LogP contribution < -0.4 is 26.4 Å². The number of pyridine rings is 1. The molecule has 0 bridgehead atoms. The van der Waals surface area contributed by atoms with Gasteiger partial charge in [0, 0.05) is 25.7 Å². The molecule has 0 fully saturated rings. The van der Waals surface area contributed by atoms with Gasteiger partial charge in [0.05, 0.1) is 71.9 Å². The Morgan fingerprint density at radius 3 is 2.15 bits per heavy atom. The number of carbonyl (C=O) groups is 3. The maximum absolute atomic E-state index is 12.8. The molecule has 0 aliphatic heterocycles. The van der Waals surface area contributed by atoms with Crippen LogP contribution in [0.15, 0.2) is 79.0 Å². The summed E-state index contributed by atoms with van der Waals surface area (Å²) < 4.78 is 27.9. The number of carboxylic acids is 1. The zero-order valence-corrected chi connectivity index (χ0v) is 31.4.